The maximum absolute atomic E-state index is 9.80. The average Bonchev–Trinajstić information content (AvgIpc) is 3.19. The van der Waals surface area contributed by atoms with Crippen LogP contribution in [0.5, 0.6) is 0 Å². The summed E-state index contributed by atoms with van der Waals surface area (Å²) in [5.41, 5.74) is 0.294. The van der Waals surface area contributed by atoms with E-state index in [9.17, 15) is 5.11 Å². The minimum atomic E-state index is 0.228. The molecule has 0 unspecified atom stereocenters. The van der Waals surface area contributed by atoms with E-state index in [0.29, 0.717) is 11.5 Å². The van der Waals surface area contributed by atoms with Crippen LogP contribution in [0.1, 0.15) is 90.0 Å². The molecular weight excluding hydrogens is 302 g/mol. The number of tetrazole rings is 1. The Kier molecular flexibility index (Phi) is 5.55. The highest BCUT2D eigenvalue weighted by molar-refractivity contribution is 5.01. The Balaban J connectivity index is 1.78. The molecule has 6 heteroatoms. The molecule has 2 aliphatic rings. The molecule has 3 rings (SSSR count). The van der Waals surface area contributed by atoms with Crippen LogP contribution in [-0.2, 0) is 0 Å². The topological polar surface area (TPSA) is 67.1 Å². The van der Waals surface area contributed by atoms with Gasteiger partial charge in [0.15, 0.2) is 5.82 Å². The summed E-state index contributed by atoms with van der Waals surface area (Å²) in [7, 11) is 0. The van der Waals surface area contributed by atoms with E-state index in [-0.39, 0.29) is 18.7 Å². The molecule has 1 saturated carbocycles. The molecule has 24 heavy (non-hydrogen) atoms. The molecule has 136 valence electrons. The van der Waals surface area contributed by atoms with E-state index >= 15 is 0 Å². The summed E-state index contributed by atoms with van der Waals surface area (Å²) >= 11 is 0. The third-order valence-corrected chi connectivity index (χ3v) is 5.71. The van der Waals surface area contributed by atoms with Crippen LogP contribution in [0.2, 0.25) is 0 Å². The Hall–Kier alpha value is -1.01. The second-order valence-electron chi connectivity index (χ2n) is 8.75. The quantitative estimate of drug-likeness (QED) is 0.895. The van der Waals surface area contributed by atoms with Crippen molar-refractivity contribution < 1.29 is 5.11 Å². The van der Waals surface area contributed by atoms with Crippen molar-refractivity contribution in [2.75, 3.05) is 13.2 Å². The highest BCUT2D eigenvalue weighted by Gasteiger charge is 2.38. The Labute approximate surface area is 145 Å². The molecule has 0 radical (unpaired) electrons. The van der Waals surface area contributed by atoms with Gasteiger partial charge in [-0.2, -0.15) is 0 Å². The van der Waals surface area contributed by atoms with E-state index < -0.39 is 0 Å². The van der Waals surface area contributed by atoms with Crippen LogP contribution in [0.15, 0.2) is 0 Å². The van der Waals surface area contributed by atoms with Crippen LogP contribution in [-0.4, -0.2) is 49.4 Å². The van der Waals surface area contributed by atoms with Crippen molar-refractivity contribution in [1.29, 1.82) is 0 Å². The highest BCUT2D eigenvalue weighted by Crippen LogP contribution is 2.38. The maximum atomic E-state index is 9.80. The summed E-state index contributed by atoms with van der Waals surface area (Å²) in [6.45, 7) is 8.05. The predicted octanol–water partition coefficient (Wildman–Crippen LogP) is 3.11. The molecule has 6 nitrogen and oxygen atoms in total. The van der Waals surface area contributed by atoms with E-state index in [2.05, 4.69) is 45.9 Å². The molecule has 2 fully saturated rings. The van der Waals surface area contributed by atoms with Crippen molar-refractivity contribution in [3.05, 3.63) is 5.82 Å². The van der Waals surface area contributed by atoms with E-state index in [1.54, 1.807) is 0 Å². The SMILES string of the molecule is CC(C)(C)CCN1[C@H](CO)CC[C@H]1c1nnnn1C1CCCCC1. The highest BCUT2D eigenvalue weighted by atomic mass is 16.3. The summed E-state index contributed by atoms with van der Waals surface area (Å²) in [4.78, 5) is 2.45. The van der Waals surface area contributed by atoms with Crippen molar-refractivity contribution in [2.45, 2.75) is 90.3 Å². The summed E-state index contributed by atoms with van der Waals surface area (Å²) in [6.07, 6.45) is 9.47. The van der Waals surface area contributed by atoms with E-state index in [4.69, 9.17) is 0 Å². The molecule has 1 N–H and O–H groups in total. The number of rotatable bonds is 5. The minimum Gasteiger partial charge on any atom is -0.395 e. The summed E-state index contributed by atoms with van der Waals surface area (Å²) in [5.74, 6) is 1.02. The Morgan fingerprint density at radius 2 is 1.83 bits per heavy atom. The van der Waals surface area contributed by atoms with Gasteiger partial charge in [0.1, 0.15) is 0 Å². The zero-order valence-corrected chi connectivity index (χ0v) is 15.5. The zero-order valence-electron chi connectivity index (χ0n) is 15.5. The molecule has 0 spiro atoms. The summed E-state index contributed by atoms with van der Waals surface area (Å²) in [6, 6.07) is 0.955. The number of hydrogen-bond donors (Lipinski definition) is 1. The van der Waals surface area contributed by atoms with Crippen LogP contribution >= 0.6 is 0 Å². The zero-order chi connectivity index (χ0) is 17.2. The van der Waals surface area contributed by atoms with Crippen LogP contribution < -0.4 is 0 Å². The van der Waals surface area contributed by atoms with E-state index in [1.807, 2.05) is 0 Å². The molecule has 1 aliphatic heterocycles. The predicted molar refractivity (Wildman–Crippen MR) is 93.6 cm³/mol. The van der Waals surface area contributed by atoms with Crippen molar-refractivity contribution in [3.63, 3.8) is 0 Å². The standard InChI is InChI=1S/C18H33N5O/c1-18(2,3)11-12-22-15(13-24)9-10-16(22)17-19-20-21-23(17)14-7-5-4-6-8-14/h14-16,24H,4-13H2,1-3H3/t15-,16-/m0/s1. The molecule has 1 aliphatic carbocycles. The minimum absolute atomic E-state index is 0.228. The average molecular weight is 335 g/mol. The van der Waals surface area contributed by atoms with Crippen LogP contribution in [0, 0.1) is 5.41 Å². The number of hydrogen-bond acceptors (Lipinski definition) is 5. The van der Waals surface area contributed by atoms with Gasteiger partial charge in [0.05, 0.1) is 18.7 Å². The Morgan fingerprint density at radius 1 is 1.08 bits per heavy atom. The summed E-state index contributed by atoms with van der Waals surface area (Å²) in [5, 5.41) is 22.6. The number of aromatic nitrogens is 4. The second-order valence-corrected chi connectivity index (χ2v) is 8.75. The second kappa shape index (κ2) is 7.48. The van der Waals surface area contributed by atoms with Crippen molar-refractivity contribution >= 4 is 0 Å². The lowest BCUT2D eigenvalue weighted by atomic mass is 9.92. The van der Waals surface area contributed by atoms with E-state index in [1.165, 1.54) is 32.1 Å². The van der Waals surface area contributed by atoms with Crippen molar-refractivity contribution in [3.8, 4) is 0 Å². The molecule has 1 aromatic heterocycles. The fourth-order valence-corrected chi connectivity index (χ4v) is 4.22. The van der Waals surface area contributed by atoms with Gasteiger partial charge in [0.25, 0.3) is 0 Å². The van der Waals surface area contributed by atoms with Crippen molar-refractivity contribution in [2.24, 2.45) is 5.41 Å². The maximum Gasteiger partial charge on any atom is 0.168 e. The fraction of sp³-hybridized carbons (Fsp3) is 0.944. The first-order valence-corrected chi connectivity index (χ1v) is 9.64. The molecule has 1 saturated heterocycles. The molecule has 0 amide bonds. The first-order chi connectivity index (χ1) is 11.5. The number of aliphatic hydroxyl groups is 1. The Morgan fingerprint density at radius 3 is 2.50 bits per heavy atom. The van der Waals surface area contributed by atoms with Crippen LogP contribution in [0.25, 0.3) is 0 Å². The number of aliphatic hydroxyl groups excluding tert-OH is 1. The first-order valence-electron chi connectivity index (χ1n) is 9.64. The van der Waals surface area contributed by atoms with Gasteiger partial charge in [-0.05, 0) is 54.5 Å². The largest absolute Gasteiger partial charge is 0.395 e. The van der Waals surface area contributed by atoms with Gasteiger partial charge in [-0.25, -0.2) is 4.68 Å². The summed E-state index contributed by atoms with van der Waals surface area (Å²) < 4.78 is 2.10. The smallest absolute Gasteiger partial charge is 0.168 e. The van der Waals surface area contributed by atoms with Gasteiger partial charge >= 0.3 is 0 Å². The van der Waals surface area contributed by atoms with Gasteiger partial charge in [0, 0.05) is 6.04 Å². The van der Waals surface area contributed by atoms with Crippen LogP contribution in [0.4, 0.5) is 0 Å². The van der Waals surface area contributed by atoms with Gasteiger partial charge in [-0.15, -0.1) is 5.10 Å². The Bertz CT molecular complexity index is 518. The normalized spacial score (nSPS) is 27.0. The lowest BCUT2D eigenvalue weighted by Crippen LogP contribution is -2.37. The first kappa shape index (κ1) is 17.8. The van der Waals surface area contributed by atoms with Gasteiger partial charge in [0.2, 0.25) is 0 Å². The third kappa shape index (κ3) is 3.97. The molecule has 1 aromatic rings. The molecule has 2 heterocycles. The van der Waals surface area contributed by atoms with Gasteiger partial charge in [-0.3, -0.25) is 4.90 Å². The monoisotopic (exact) mass is 335 g/mol. The van der Waals surface area contributed by atoms with Crippen molar-refractivity contribution in [1.82, 2.24) is 25.1 Å². The van der Waals surface area contributed by atoms with Gasteiger partial charge < -0.3 is 5.11 Å². The molecule has 2 atom stereocenters. The molecule has 0 bridgehead atoms. The molecular formula is C18H33N5O. The van der Waals surface area contributed by atoms with Gasteiger partial charge in [-0.1, -0.05) is 40.0 Å². The lowest BCUT2D eigenvalue weighted by molar-refractivity contribution is 0.109. The van der Waals surface area contributed by atoms with E-state index in [0.717, 1.165) is 31.6 Å². The molecule has 0 aromatic carbocycles. The number of nitrogens with zero attached hydrogens (tertiary/aromatic N) is 5. The van der Waals surface area contributed by atoms with Crippen LogP contribution in [0.3, 0.4) is 0 Å². The number of likely N-dealkylation sites (tertiary alicyclic amines) is 1. The third-order valence-electron chi connectivity index (χ3n) is 5.71. The lowest BCUT2D eigenvalue weighted by Gasteiger charge is -2.32. The fourth-order valence-electron chi connectivity index (χ4n) is 4.22.